The lowest BCUT2D eigenvalue weighted by Gasteiger charge is -1.92. The summed E-state index contributed by atoms with van der Waals surface area (Å²) in [6, 6.07) is 7.77. The van der Waals surface area contributed by atoms with Gasteiger partial charge in [0.25, 0.3) is 0 Å². The van der Waals surface area contributed by atoms with E-state index < -0.39 is 0 Å². The largest absolute Gasteiger partial charge is 0.288 e. The lowest BCUT2D eigenvalue weighted by molar-refractivity contribution is -0.109. The molecule has 0 N–H and O–H groups in total. The summed E-state index contributed by atoms with van der Waals surface area (Å²) in [7, 11) is 0. The van der Waals surface area contributed by atoms with Gasteiger partial charge in [-0.25, -0.2) is 0 Å². The molecule has 1 rings (SSSR count). The minimum absolute atomic E-state index is 0.103. The highest BCUT2D eigenvalue weighted by Gasteiger charge is 1.92. The first kappa shape index (κ1) is 11.4. The molecule has 0 radical (unpaired) electrons. The van der Waals surface area contributed by atoms with Gasteiger partial charge in [-0.05, 0) is 28.1 Å². The van der Waals surface area contributed by atoms with Gasteiger partial charge in [0.15, 0.2) is 5.12 Å². The van der Waals surface area contributed by atoms with E-state index in [9.17, 15) is 4.79 Å². The van der Waals surface area contributed by atoms with E-state index in [1.165, 1.54) is 11.8 Å². The Morgan fingerprint density at radius 2 is 2.21 bits per heavy atom. The van der Waals surface area contributed by atoms with E-state index in [2.05, 4.69) is 27.8 Å². The van der Waals surface area contributed by atoms with Gasteiger partial charge in [-0.1, -0.05) is 35.7 Å². The lowest BCUT2D eigenvalue weighted by Crippen LogP contribution is -1.82. The van der Waals surface area contributed by atoms with Crippen LogP contribution in [0.2, 0.25) is 0 Å². The van der Waals surface area contributed by atoms with E-state index in [0.29, 0.717) is 5.75 Å². The highest BCUT2D eigenvalue weighted by molar-refractivity contribution is 9.10. The van der Waals surface area contributed by atoms with Gasteiger partial charge < -0.3 is 0 Å². The van der Waals surface area contributed by atoms with E-state index >= 15 is 0 Å². The Balaban J connectivity index is 2.59. The molecule has 0 bridgehead atoms. The van der Waals surface area contributed by atoms with Gasteiger partial charge in [0, 0.05) is 17.0 Å². The molecule has 0 aromatic heterocycles. The van der Waals surface area contributed by atoms with E-state index in [1.54, 1.807) is 6.92 Å². The Morgan fingerprint density at radius 1 is 1.50 bits per heavy atom. The topological polar surface area (TPSA) is 17.1 Å². The van der Waals surface area contributed by atoms with Gasteiger partial charge in [0.05, 0.1) is 5.75 Å². The number of hydrogen-bond donors (Lipinski definition) is 0. The van der Waals surface area contributed by atoms with Crippen LogP contribution in [0.1, 0.15) is 12.5 Å². The standard InChI is InChI=1S/C11H9BrOS/c1-9(13)14-8-4-6-10-5-2-3-7-11(10)12/h2-3,5,7H,8H2,1H3. The van der Waals surface area contributed by atoms with E-state index in [0.717, 1.165) is 10.0 Å². The molecule has 0 aliphatic heterocycles. The summed E-state index contributed by atoms with van der Waals surface area (Å²) in [4.78, 5) is 10.6. The third-order valence-electron chi connectivity index (χ3n) is 1.44. The van der Waals surface area contributed by atoms with Gasteiger partial charge >= 0.3 is 0 Å². The van der Waals surface area contributed by atoms with Crippen LogP contribution in [-0.2, 0) is 4.79 Å². The molecule has 0 atom stereocenters. The Kier molecular flexibility index (Phi) is 4.78. The summed E-state index contributed by atoms with van der Waals surface area (Å²) in [5.41, 5.74) is 0.955. The smallest absolute Gasteiger partial charge is 0.186 e. The predicted molar refractivity (Wildman–Crippen MR) is 64.2 cm³/mol. The Bertz CT molecular complexity index is 390. The molecule has 14 heavy (non-hydrogen) atoms. The van der Waals surface area contributed by atoms with Crippen molar-refractivity contribution in [3.63, 3.8) is 0 Å². The van der Waals surface area contributed by atoms with Crippen LogP contribution in [0.15, 0.2) is 28.7 Å². The van der Waals surface area contributed by atoms with E-state index in [1.807, 2.05) is 24.3 Å². The molecule has 72 valence electrons. The molecule has 1 aromatic rings. The van der Waals surface area contributed by atoms with Crippen LogP contribution in [0.4, 0.5) is 0 Å². The molecular weight excluding hydrogens is 260 g/mol. The first-order valence-electron chi connectivity index (χ1n) is 4.07. The van der Waals surface area contributed by atoms with Gasteiger partial charge in [-0.2, -0.15) is 0 Å². The number of hydrogen-bond acceptors (Lipinski definition) is 2. The number of halogens is 1. The maximum Gasteiger partial charge on any atom is 0.186 e. The summed E-state index contributed by atoms with van der Waals surface area (Å²) in [6.45, 7) is 1.55. The van der Waals surface area contributed by atoms with Crippen molar-refractivity contribution < 1.29 is 4.79 Å². The van der Waals surface area contributed by atoms with Crippen molar-refractivity contribution in [2.24, 2.45) is 0 Å². The maximum atomic E-state index is 10.6. The summed E-state index contributed by atoms with van der Waals surface area (Å²) < 4.78 is 0.986. The molecular formula is C11H9BrOS. The number of carbonyl (C=O) groups excluding carboxylic acids is 1. The van der Waals surface area contributed by atoms with E-state index in [-0.39, 0.29) is 5.12 Å². The van der Waals surface area contributed by atoms with Crippen LogP contribution in [0, 0.1) is 11.8 Å². The molecule has 0 aliphatic carbocycles. The zero-order chi connectivity index (χ0) is 10.4. The third kappa shape index (κ3) is 3.99. The molecule has 0 heterocycles. The Morgan fingerprint density at radius 3 is 2.86 bits per heavy atom. The minimum atomic E-state index is 0.103. The summed E-state index contributed by atoms with van der Waals surface area (Å²) >= 11 is 4.63. The molecule has 1 nitrogen and oxygen atoms in total. The van der Waals surface area contributed by atoms with Crippen LogP contribution >= 0.6 is 27.7 Å². The van der Waals surface area contributed by atoms with Crippen molar-refractivity contribution >= 4 is 32.8 Å². The van der Waals surface area contributed by atoms with Crippen LogP contribution in [0.25, 0.3) is 0 Å². The summed E-state index contributed by atoms with van der Waals surface area (Å²) in [5, 5.41) is 0.103. The molecule has 0 unspecified atom stereocenters. The fourth-order valence-corrected chi connectivity index (χ4v) is 1.56. The second-order valence-electron chi connectivity index (χ2n) is 2.56. The Labute approximate surface area is 96.4 Å². The zero-order valence-electron chi connectivity index (χ0n) is 7.71. The van der Waals surface area contributed by atoms with Gasteiger partial charge in [0.1, 0.15) is 0 Å². The fraction of sp³-hybridized carbons (Fsp3) is 0.182. The summed E-state index contributed by atoms with van der Waals surface area (Å²) in [5.74, 6) is 6.49. The first-order chi connectivity index (χ1) is 6.70. The van der Waals surface area contributed by atoms with Gasteiger partial charge in [-0.15, -0.1) is 0 Å². The Hall–Kier alpha value is -0.720. The van der Waals surface area contributed by atoms with Gasteiger partial charge in [0.2, 0.25) is 0 Å². The highest BCUT2D eigenvalue weighted by atomic mass is 79.9. The average Bonchev–Trinajstić information content (AvgIpc) is 2.15. The van der Waals surface area contributed by atoms with Crippen molar-refractivity contribution in [2.75, 3.05) is 5.75 Å². The monoisotopic (exact) mass is 268 g/mol. The van der Waals surface area contributed by atoms with Gasteiger partial charge in [-0.3, -0.25) is 4.79 Å². The number of rotatable bonds is 1. The second-order valence-corrected chi connectivity index (χ2v) is 4.57. The zero-order valence-corrected chi connectivity index (χ0v) is 10.1. The van der Waals surface area contributed by atoms with Crippen molar-refractivity contribution in [1.82, 2.24) is 0 Å². The van der Waals surface area contributed by atoms with Crippen molar-refractivity contribution in [2.45, 2.75) is 6.92 Å². The van der Waals surface area contributed by atoms with Crippen LogP contribution in [0.5, 0.6) is 0 Å². The van der Waals surface area contributed by atoms with Crippen molar-refractivity contribution in [1.29, 1.82) is 0 Å². The second kappa shape index (κ2) is 5.90. The third-order valence-corrected chi connectivity index (χ3v) is 2.83. The highest BCUT2D eigenvalue weighted by Crippen LogP contribution is 2.14. The van der Waals surface area contributed by atoms with Crippen LogP contribution in [0.3, 0.4) is 0 Å². The number of thioether (sulfide) groups is 1. The molecule has 0 spiro atoms. The number of benzene rings is 1. The van der Waals surface area contributed by atoms with E-state index in [4.69, 9.17) is 0 Å². The summed E-state index contributed by atoms with van der Waals surface area (Å²) in [6.07, 6.45) is 0. The molecule has 1 aromatic carbocycles. The van der Waals surface area contributed by atoms with Crippen LogP contribution in [-0.4, -0.2) is 10.9 Å². The lowest BCUT2D eigenvalue weighted by atomic mass is 10.2. The molecule has 0 aliphatic rings. The molecule has 0 fully saturated rings. The normalized spacial score (nSPS) is 9.00. The van der Waals surface area contributed by atoms with Crippen LogP contribution < -0.4 is 0 Å². The quantitative estimate of drug-likeness (QED) is 0.729. The molecule has 0 saturated heterocycles. The molecule has 3 heteroatoms. The maximum absolute atomic E-state index is 10.6. The first-order valence-corrected chi connectivity index (χ1v) is 5.85. The van der Waals surface area contributed by atoms with Crippen molar-refractivity contribution in [3.8, 4) is 11.8 Å². The fourth-order valence-electron chi connectivity index (χ4n) is 0.832. The average molecular weight is 269 g/mol. The molecule has 0 amide bonds. The molecule has 0 saturated carbocycles. The number of carbonyl (C=O) groups is 1. The van der Waals surface area contributed by atoms with Crippen molar-refractivity contribution in [3.05, 3.63) is 34.3 Å². The predicted octanol–water partition coefficient (Wildman–Crippen LogP) is 3.08. The minimum Gasteiger partial charge on any atom is -0.288 e. The SMILES string of the molecule is CC(=O)SCC#Cc1ccccc1Br.